The summed E-state index contributed by atoms with van der Waals surface area (Å²) in [5.41, 5.74) is -0.211. The van der Waals surface area contributed by atoms with Gasteiger partial charge in [0.25, 0.3) is 0 Å². The Balaban J connectivity index is 2.14. The maximum atomic E-state index is 12.2. The van der Waals surface area contributed by atoms with Crippen molar-refractivity contribution in [2.24, 2.45) is 11.8 Å². The minimum Gasteiger partial charge on any atom is -0.374 e. The molecule has 2 atom stereocenters. The van der Waals surface area contributed by atoms with Crippen molar-refractivity contribution in [2.75, 3.05) is 18.9 Å². The van der Waals surface area contributed by atoms with Crippen molar-refractivity contribution in [3.63, 3.8) is 0 Å². The fourth-order valence-corrected chi connectivity index (χ4v) is 5.04. The van der Waals surface area contributed by atoms with E-state index in [9.17, 15) is 18.5 Å². The lowest BCUT2D eigenvalue weighted by atomic mass is 9.99. The van der Waals surface area contributed by atoms with Crippen LogP contribution in [0.1, 0.15) is 26.2 Å². The average Bonchev–Trinajstić information content (AvgIpc) is 3.02. The van der Waals surface area contributed by atoms with E-state index in [1.165, 1.54) is 7.05 Å². The number of nitrogens with zero attached hydrogens (tertiary/aromatic N) is 1. The third kappa shape index (κ3) is 3.53. The Labute approximate surface area is 127 Å². The minimum absolute atomic E-state index is 0.0239. The van der Waals surface area contributed by atoms with Gasteiger partial charge in [0, 0.05) is 19.7 Å². The average molecular weight is 333 g/mol. The summed E-state index contributed by atoms with van der Waals surface area (Å²) in [4.78, 5) is 10.3. The highest BCUT2D eigenvalue weighted by Crippen LogP contribution is 2.37. The van der Waals surface area contributed by atoms with Gasteiger partial charge in [-0.2, -0.15) is 0 Å². The quantitative estimate of drug-likeness (QED) is 0.615. The molecule has 0 radical (unpaired) electrons. The normalized spacial score (nSPS) is 22.4. The first-order valence-corrected chi connectivity index (χ1v) is 9.10. The van der Waals surface area contributed by atoms with Gasteiger partial charge in [0.05, 0.1) is 4.92 Å². The molecule has 2 unspecified atom stereocenters. The van der Waals surface area contributed by atoms with E-state index in [1.54, 1.807) is 0 Å². The smallest absolute Gasteiger partial charge is 0.304 e. The molecule has 1 aliphatic rings. The Bertz CT molecular complexity index is 626. The van der Waals surface area contributed by atoms with E-state index in [4.69, 9.17) is 0 Å². The van der Waals surface area contributed by atoms with E-state index >= 15 is 0 Å². The summed E-state index contributed by atoms with van der Waals surface area (Å²) >= 11 is 0.875. The number of thiophene rings is 1. The second-order valence-corrected chi connectivity index (χ2v) is 8.35. The SMILES string of the molecule is CNc1sc(S(=O)(=O)NCC2CCCC2C)cc1[N+](=O)[O-]. The van der Waals surface area contributed by atoms with Gasteiger partial charge in [-0.3, -0.25) is 10.1 Å². The first-order chi connectivity index (χ1) is 9.85. The molecular weight excluding hydrogens is 314 g/mol. The molecule has 9 heteroatoms. The Hall–Kier alpha value is -1.19. The number of hydrogen-bond donors (Lipinski definition) is 2. The third-order valence-corrected chi connectivity index (χ3v) is 6.99. The molecule has 1 aromatic heterocycles. The van der Waals surface area contributed by atoms with Crippen molar-refractivity contribution < 1.29 is 13.3 Å². The molecular formula is C12H19N3O4S2. The Morgan fingerprint density at radius 3 is 2.67 bits per heavy atom. The van der Waals surface area contributed by atoms with Gasteiger partial charge in [-0.25, -0.2) is 13.1 Å². The van der Waals surface area contributed by atoms with Crippen LogP contribution in [-0.2, 0) is 10.0 Å². The van der Waals surface area contributed by atoms with Crippen LogP contribution in [0.15, 0.2) is 10.3 Å². The second-order valence-electron chi connectivity index (χ2n) is 5.31. The molecule has 0 aromatic carbocycles. The van der Waals surface area contributed by atoms with Crippen LogP contribution < -0.4 is 10.0 Å². The van der Waals surface area contributed by atoms with Crippen molar-refractivity contribution in [1.29, 1.82) is 0 Å². The van der Waals surface area contributed by atoms with Gasteiger partial charge in [-0.15, -0.1) is 0 Å². The molecule has 2 rings (SSSR count). The van der Waals surface area contributed by atoms with Crippen LogP contribution in [0.3, 0.4) is 0 Å². The van der Waals surface area contributed by atoms with E-state index < -0.39 is 14.9 Å². The number of sulfonamides is 1. The Morgan fingerprint density at radius 1 is 1.48 bits per heavy atom. The fraction of sp³-hybridized carbons (Fsp3) is 0.667. The molecule has 0 bridgehead atoms. The third-order valence-electron chi connectivity index (χ3n) is 3.95. The lowest BCUT2D eigenvalue weighted by molar-refractivity contribution is -0.383. The molecule has 0 saturated heterocycles. The van der Waals surface area contributed by atoms with Crippen molar-refractivity contribution in [1.82, 2.24) is 4.72 Å². The Morgan fingerprint density at radius 2 is 2.19 bits per heavy atom. The largest absolute Gasteiger partial charge is 0.374 e. The van der Waals surface area contributed by atoms with E-state index in [0.29, 0.717) is 18.4 Å². The standard InChI is InChI=1S/C12H19N3O4S2/c1-8-4-3-5-9(8)7-14-21(18,19)11-6-10(15(16)17)12(13-2)20-11/h6,8-9,13-14H,3-5,7H2,1-2H3. The number of nitrogens with one attached hydrogen (secondary N) is 2. The summed E-state index contributed by atoms with van der Waals surface area (Å²) in [5.74, 6) is 0.858. The predicted molar refractivity (Wildman–Crippen MR) is 82.2 cm³/mol. The van der Waals surface area contributed by atoms with Gasteiger partial charge in [-0.05, 0) is 18.3 Å². The first kappa shape index (κ1) is 16.2. The summed E-state index contributed by atoms with van der Waals surface area (Å²) in [6.45, 7) is 2.52. The molecule has 1 fully saturated rings. The predicted octanol–water partition coefficient (Wildman–Crippen LogP) is 2.41. The summed E-state index contributed by atoms with van der Waals surface area (Å²) in [6, 6.07) is 1.11. The maximum Gasteiger partial charge on any atom is 0.304 e. The van der Waals surface area contributed by atoms with E-state index in [0.717, 1.165) is 36.7 Å². The fourth-order valence-electron chi connectivity index (χ4n) is 2.62. The van der Waals surface area contributed by atoms with E-state index in [-0.39, 0.29) is 14.9 Å². The zero-order valence-electron chi connectivity index (χ0n) is 12.0. The number of nitro groups is 1. The van der Waals surface area contributed by atoms with E-state index in [2.05, 4.69) is 17.0 Å². The molecule has 1 aromatic rings. The molecule has 0 amide bonds. The van der Waals surface area contributed by atoms with Crippen molar-refractivity contribution in [3.8, 4) is 0 Å². The van der Waals surface area contributed by atoms with Gasteiger partial charge < -0.3 is 5.32 Å². The topological polar surface area (TPSA) is 101 Å². The maximum absolute atomic E-state index is 12.2. The zero-order valence-corrected chi connectivity index (χ0v) is 13.6. The number of anilines is 1. The minimum atomic E-state index is -3.69. The number of rotatable bonds is 6. The Kier molecular flexibility index (Phi) is 4.84. The number of hydrogen-bond acceptors (Lipinski definition) is 6. The van der Waals surface area contributed by atoms with Crippen LogP contribution >= 0.6 is 11.3 Å². The van der Waals surface area contributed by atoms with Crippen molar-refractivity contribution in [3.05, 3.63) is 16.2 Å². The van der Waals surface area contributed by atoms with Crippen LogP contribution in [0, 0.1) is 22.0 Å². The first-order valence-electron chi connectivity index (χ1n) is 6.80. The molecule has 118 valence electrons. The second kappa shape index (κ2) is 6.29. The van der Waals surface area contributed by atoms with Gasteiger partial charge in [0.15, 0.2) is 5.00 Å². The highest BCUT2D eigenvalue weighted by Gasteiger charge is 2.28. The molecule has 0 spiro atoms. The lowest BCUT2D eigenvalue weighted by Crippen LogP contribution is -2.29. The van der Waals surface area contributed by atoms with Crippen LogP contribution in [-0.4, -0.2) is 26.9 Å². The van der Waals surface area contributed by atoms with Gasteiger partial charge >= 0.3 is 5.69 Å². The highest BCUT2D eigenvalue weighted by atomic mass is 32.2. The molecule has 1 heterocycles. The molecule has 1 aliphatic carbocycles. The molecule has 1 saturated carbocycles. The van der Waals surface area contributed by atoms with Crippen LogP contribution in [0.25, 0.3) is 0 Å². The lowest BCUT2D eigenvalue weighted by Gasteiger charge is -2.15. The van der Waals surface area contributed by atoms with Crippen molar-refractivity contribution >= 4 is 32.0 Å². The van der Waals surface area contributed by atoms with Crippen LogP contribution in [0.5, 0.6) is 0 Å². The van der Waals surface area contributed by atoms with Crippen molar-refractivity contribution in [2.45, 2.75) is 30.4 Å². The molecule has 0 aliphatic heterocycles. The van der Waals surface area contributed by atoms with Gasteiger partial charge in [0.1, 0.15) is 4.21 Å². The highest BCUT2D eigenvalue weighted by molar-refractivity contribution is 7.91. The summed E-state index contributed by atoms with van der Waals surface area (Å²) < 4.78 is 27.1. The monoisotopic (exact) mass is 333 g/mol. The van der Waals surface area contributed by atoms with E-state index in [1.807, 2.05) is 0 Å². The molecule has 21 heavy (non-hydrogen) atoms. The summed E-state index contributed by atoms with van der Waals surface area (Å²) in [6.07, 6.45) is 3.28. The van der Waals surface area contributed by atoms with Crippen LogP contribution in [0.2, 0.25) is 0 Å². The van der Waals surface area contributed by atoms with Crippen LogP contribution in [0.4, 0.5) is 10.7 Å². The van der Waals surface area contributed by atoms with Gasteiger partial charge in [0.2, 0.25) is 10.0 Å². The summed E-state index contributed by atoms with van der Waals surface area (Å²) in [7, 11) is -2.16. The molecule has 2 N–H and O–H groups in total. The molecule has 7 nitrogen and oxygen atoms in total. The zero-order chi connectivity index (χ0) is 15.6. The summed E-state index contributed by atoms with van der Waals surface area (Å²) in [5, 5.41) is 13.8. The van der Waals surface area contributed by atoms with Gasteiger partial charge in [-0.1, -0.05) is 31.1 Å².